The van der Waals surface area contributed by atoms with Crippen LogP contribution in [-0.4, -0.2) is 35.0 Å². The Bertz CT molecular complexity index is 1020. The van der Waals surface area contributed by atoms with Crippen LogP contribution in [0, 0.1) is 11.6 Å². The topological polar surface area (TPSA) is 46.6 Å². The second-order valence-corrected chi connectivity index (χ2v) is 8.82. The number of rotatable bonds is 5. The highest BCUT2D eigenvalue weighted by Crippen LogP contribution is 2.32. The van der Waals surface area contributed by atoms with Crippen molar-refractivity contribution in [2.75, 3.05) is 6.54 Å². The molecule has 2 aromatic rings. The van der Waals surface area contributed by atoms with Crippen LogP contribution in [0.1, 0.15) is 38.3 Å². The molecule has 2 aromatic carbocycles. The van der Waals surface area contributed by atoms with Crippen LogP contribution < -0.4 is 0 Å². The van der Waals surface area contributed by atoms with E-state index < -0.39 is 35.2 Å². The third kappa shape index (κ3) is 5.50. The van der Waals surface area contributed by atoms with Crippen molar-refractivity contribution in [3.8, 4) is 0 Å². The zero-order valence-corrected chi connectivity index (χ0v) is 18.4. The molecular formula is C24H24ClF2NO3. The minimum absolute atomic E-state index is 0.118. The molecule has 0 saturated heterocycles. The van der Waals surface area contributed by atoms with Crippen LogP contribution in [-0.2, 0) is 20.7 Å². The van der Waals surface area contributed by atoms with Gasteiger partial charge in [0.25, 0.3) is 0 Å². The van der Waals surface area contributed by atoms with Crippen molar-refractivity contribution < 1.29 is 23.1 Å². The van der Waals surface area contributed by atoms with Crippen LogP contribution in [0.4, 0.5) is 8.78 Å². The van der Waals surface area contributed by atoms with E-state index in [1.807, 2.05) is 30.3 Å². The number of halogens is 3. The predicted molar refractivity (Wildman–Crippen MR) is 115 cm³/mol. The van der Waals surface area contributed by atoms with E-state index in [4.69, 9.17) is 16.3 Å². The lowest BCUT2D eigenvalue weighted by Gasteiger charge is -2.34. The molecular weight excluding hydrogens is 424 g/mol. The molecule has 164 valence electrons. The molecule has 0 spiro atoms. The first-order valence-electron chi connectivity index (χ1n) is 9.98. The monoisotopic (exact) mass is 447 g/mol. The number of benzene rings is 2. The van der Waals surface area contributed by atoms with E-state index in [-0.39, 0.29) is 35.5 Å². The summed E-state index contributed by atoms with van der Waals surface area (Å²) in [4.78, 5) is 27.3. The fourth-order valence-electron chi connectivity index (χ4n) is 3.51. The van der Waals surface area contributed by atoms with Crippen molar-refractivity contribution in [1.82, 2.24) is 4.90 Å². The van der Waals surface area contributed by atoms with Gasteiger partial charge in [-0.2, -0.15) is 0 Å². The Morgan fingerprint density at radius 1 is 1.16 bits per heavy atom. The molecule has 0 aromatic heterocycles. The van der Waals surface area contributed by atoms with Gasteiger partial charge >= 0.3 is 5.97 Å². The molecule has 1 aliphatic heterocycles. The minimum Gasteiger partial charge on any atom is -0.458 e. The number of carbonyl (C=O) groups is 2. The Labute approximate surface area is 185 Å². The molecule has 3 rings (SSSR count). The zero-order chi connectivity index (χ0) is 22.8. The van der Waals surface area contributed by atoms with E-state index in [1.165, 1.54) is 11.0 Å². The summed E-state index contributed by atoms with van der Waals surface area (Å²) in [6, 6.07) is 10.6. The normalized spacial score (nSPS) is 15.5. The maximum Gasteiger partial charge on any atom is 0.329 e. The number of nitrogens with zero attached hydrogens (tertiary/aromatic N) is 1. The molecule has 0 aliphatic carbocycles. The molecule has 0 bridgehead atoms. The number of amides is 1. The molecule has 7 heteroatoms. The maximum atomic E-state index is 14.4. The highest BCUT2D eigenvalue weighted by Gasteiger charge is 2.35. The largest absolute Gasteiger partial charge is 0.458 e. The predicted octanol–water partition coefficient (Wildman–Crippen LogP) is 5.19. The first-order chi connectivity index (χ1) is 14.6. The third-order valence-corrected chi connectivity index (χ3v) is 5.19. The number of hydrogen-bond acceptors (Lipinski definition) is 3. The highest BCUT2D eigenvalue weighted by molar-refractivity contribution is 6.31. The van der Waals surface area contributed by atoms with Crippen molar-refractivity contribution in [2.24, 2.45) is 0 Å². The Morgan fingerprint density at radius 2 is 1.84 bits per heavy atom. The summed E-state index contributed by atoms with van der Waals surface area (Å²) in [5.41, 5.74) is 0.0467. The van der Waals surface area contributed by atoms with Gasteiger partial charge in [-0.05, 0) is 50.5 Å². The van der Waals surface area contributed by atoms with Crippen LogP contribution in [0.5, 0.6) is 0 Å². The molecule has 31 heavy (non-hydrogen) atoms. The Hall–Kier alpha value is -2.73. The van der Waals surface area contributed by atoms with E-state index in [9.17, 15) is 18.4 Å². The van der Waals surface area contributed by atoms with E-state index >= 15 is 0 Å². The zero-order valence-electron chi connectivity index (χ0n) is 17.6. The average Bonchev–Trinajstić information content (AvgIpc) is 2.69. The van der Waals surface area contributed by atoms with Gasteiger partial charge in [0, 0.05) is 19.0 Å². The van der Waals surface area contributed by atoms with Crippen molar-refractivity contribution in [3.05, 3.63) is 76.3 Å². The van der Waals surface area contributed by atoms with E-state index in [1.54, 1.807) is 20.8 Å². The van der Waals surface area contributed by atoms with Crippen LogP contribution in [0.25, 0.3) is 5.57 Å². The lowest BCUT2D eigenvalue weighted by atomic mass is 9.95. The molecule has 1 atom stereocenters. The number of ether oxygens (including phenoxy) is 1. The number of carbonyl (C=O) groups excluding carboxylic acids is 2. The smallest absolute Gasteiger partial charge is 0.329 e. The molecule has 1 amide bonds. The number of esters is 1. The summed E-state index contributed by atoms with van der Waals surface area (Å²) in [6.07, 6.45) is 1.61. The lowest BCUT2D eigenvalue weighted by Crippen LogP contribution is -2.49. The first kappa shape index (κ1) is 22.9. The van der Waals surface area contributed by atoms with Crippen LogP contribution in [0.15, 0.2) is 48.5 Å². The number of hydrogen-bond donors (Lipinski definition) is 0. The summed E-state index contributed by atoms with van der Waals surface area (Å²) in [5, 5.41) is -0.220. The fraction of sp³-hybridized carbons (Fsp3) is 0.333. The van der Waals surface area contributed by atoms with Gasteiger partial charge in [0.1, 0.15) is 17.5 Å². The molecule has 0 fully saturated rings. The van der Waals surface area contributed by atoms with Crippen molar-refractivity contribution >= 4 is 29.1 Å². The Morgan fingerprint density at radius 3 is 2.45 bits per heavy atom. The maximum absolute atomic E-state index is 14.4. The molecule has 1 unspecified atom stereocenters. The van der Waals surface area contributed by atoms with Crippen molar-refractivity contribution in [1.29, 1.82) is 0 Å². The summed E-state index contributed by atoms with van der Waals surface area (Å²) in [7, 11) is 0. The third-order valence-electron chi connectivity index (χ3n) is 4.89. The molecule has 1 heterocycles. The fourth-order valence-corrected chi connectivity index (χ4v) is 3.67. The average molecular weight is 448 g/mol. The first-order valence-corrected chi connectivity index (χ1v) is 10.4. The van der Waals surface area contributed by atoms with Gasteiger partial charge in [-0.3, -0.25) is 4.79 Å². The van der Waals surface area contributed by atoms with Crippen LogP contribution in [0.3, 0.4) is 0 Å². The highest BCUT2D eigenvalue weighted by atomic mass is 35.5. The summed E-state index contributed by atoms with van der Waals surface area (Å²) >= 11 is 5.79. The minimum atomic E-state index is -0.901. The lowest BCUT2D eigenvalue weighted by molar-refractivity contribution is -0.164. The molecule has 0 radical (unpaired) electrons. The summed E-state index contributed by atoms with van der Waals surface area (Å²) in [5.74, 6) is -2.72. The van der Waals surface area contributed by atoms with Gasteiger partial charge < -0.3 is 9.64 Å². The van der Waals surface area contributed by atoms with Crippen LogP contribution in [0.2, 0.25) is 5.02 Å². The second-order valence-electron chi connectivity index (χ2n) is 8.41. The quantitative estimate of drug-likeness (QED) is 0.468. The Balaban J connectivity index is 1.92. The molecule has 0 saturated carbocycles. The summed E-state index contributed by atoms with van der Waals surface area (Å²) < 4.78 is 34.2. The van der Waals surface area contributed by atoms with Crippen molar-refractivity contribution in [2.45, 2.75) is 45.3 Å². The van der Waals surface area contributed by atoms with Gasteiger partial charge in [-0.25, -0.2) is 13.6 Å². The summed E-state index contributed by atoms with van der Waals surface area (Å²) in [6.45, 7) is 5.38. The van der Waals surface area contributed by atoms with Gasteiger partial charge in [0.15, 0.2) is 5.82 Å². The van der Waals surface area contributed by atoms with E-state index in [0.717, 1.165) is 17.7 Å². The standard InChI is InChI=1S/C24H24ClF2NO3/c1-24(2,3)31-23(30)19(13-15-7-5-4-6-8-15)28-12-11-16(14-20(28)29)21-18(26)10-9-17(25)22(21)27/h4-10,14,19H,11-13H2,1-3H3. The van der Waals surface area contributed by atoms with Crippen molar-refractivity contribution in [3.63, 3.8) is 0 Å². The van der Waals surface area contributed by atoms with E-state index in [2.05, 4.69) is 0 Å². The van der Waals surface area contributed by atoms with Gasteiger partial charge in [-0.1, -0.05) is 41.9 Å². The van der Waals surface area contributed by atoms with E-state index in [0.29, 0.717) is 0 Å². The second kappa shape index (κ2) is 9.18. The SMILES string of the molecule is CC(C)(C)OC(=O)C(Cc1ccccc1)N1CCC(c2c(F)ccc(Cl)c2F)=CC1=O. The van der Waals surface area contributed by atoms with Gasteiger partial charge in [0.05, 0.1) is 10.6 Å². The van der Waals surface area contributed by atoms with Gasteiger partial charge in [0.2, 0.25) is 5.91 Å². The molecule has 4 nitrogen and oxygen atoms in total. The molecule has 0 N–H and O–H groups in total. The van der Waals surface area contributed by atoms with Gasteiger partial charge in [-0.15, -0.1) is 0 Å². The van der Waals surface area contributed by atoms with Crippen LogP contribution >= 0.6 is 11.6 Å². The Kier molecular flexibility index (Phi) is 6.80. The molecule has 1 aliphatic rings.